The first-order chi connectivity index (χ1) is 15.5. The Labute approximate surface area is 198 Å². The number of ketones is 1. The van der Waals surface area contributed by atoms with Gasteiger partial charge in [-0.1, -0.05) is 51.0 Å². The van der Waals surface area contributed by atoms with Crippen LogP contribution in [-0.2, 0) is 14.3 Å². The molecule has 5 nitrogen and oxygen atoms in total. The van der Waals surface area contributed by atoms with Crippen LogP contribution in [0.5, 0.6) is 0 Å². The summed E-state index contributed by atoms with van der Waals surface area (Å²) in [7, 11) is 0. The quantitative estimate of drug-likeness (QED) is 0.306. The van der Waals surface area contributed by atoms with Gasteiger partial charge >= 0.3 is 6.09 Å². The maximum Gasteiger partial charge on any atom is 0.408 e. The largest absolute Gasteiger partial charge is 0.434 e. The van der Waals surface area contributed by atoms with E-state index in [1.165, 1.54) is 0 Å². The summed E-state index contributed by atoms with van der Waals surface area (Å²) >= 11 is 0. The molecule has 0 unspecified atom stereocenters. The second kappa shape index (κ2) is 8.39. The summed E-state index contributed by atoms with van der Waals surface area (Å²) < 4.78 is 6.06. The number of hydrogen-bond acceptors (Lipinski definition) is 4. The number of carbonyl (C=O) groups excluding carboxylic acids is 3. The number of ether oxygens (including phenoxy) is 1. The van der Waals surface area contributed by atoms with Gasteiger partial charge in [0.15, 0.2) is 11.9 Å². The fourth-order valence-corrected chi connectivity index (χ4v) is 8.20. The molecule has 0 aromatic heterocycles. The van der Waals surface area contributed by atoms with E-state index in [0.29, 0.717) is 24.5 Å². The Morgan fingerprint density at radius 3 is 2.61 bits per heavy atom. The molecule has 1 N–H and O–H groups in total. The van der Waals surface area contributed by atoms with E-state index in [9.17, 15) is 14.4 Å². The molecule has 3 fully saturated rings. The number of carbonyl (C=O) groups is 3. The van der Waals surface area contributed by atoms with E-state index in [-0.39, 0.29) is 11.3 Å². The molecule has 4 rings (SSSR count). The maximum absolute atomic E-state index is 13.2. The SMILES string of the molecule is CCCC(C)(C)NC(=O)O[C@]1(C(=O)C=O)CC[C@H]2[C@@H]3CCC4=CCC=C[C@]4(C)[C@H]3CC[C@@]21C. The van der Waals surface area contributed by atoms with E-state index in [2.05, 4.69) is 44.3 Å². The van der Waals surface area contributed by atoms with Gasteiger partial charge in [0.25, 0.3) is 0 Å². The van der Waals surface area contributed by atoms with Crippen molar-refractivity contribution in [2.45, 2.75) is 104 Å². The minimum atomic E-state index is -1.36. The van der Waals surface area contributed by atoms with Crippen LogP contribution in [0.2, 0.25) is 0 Å². The summed E-state index contributed by atoms with van der Waals surface area (Å²) in [5.74, 6) is 0.699. The summed E-state index contributed by atoms with van der Waals surface area (Å²) in [5, 5.41) is 2.95. The highest BCUT2D eigenvalue weighted by molar-refractivity contribution is 6.29. The zero-order valence-electron chi connectivity index (χ0n) is 21.0. The second-order valence-electron chi connectivity index (χ2n) is 12.0. The van der Waals surface area contributed by atoms with Crippen molar-refractivity contribution in [1.82, 2.24) is 5.32 Å². The van der Waals surface area contributed by atoms with E-state index < -0.39 is 28.4 Å². The van der Waals surface area contributed by atoms with Crippen LogP contribution in [0.1, 0.15) is 92.4 Å². The van der Waals surface area contributed by atoms with E-state index in [1.807, 2.05) is 13.8 Å². The zero-order chi connectivity index (χ0) is 24.1. The summed E-state index contributed by atoms with van der Waals surface area (Å²) in [6.07, 6.45) is 14.9. The minimum Gasteiger partial charge on any atom is -0.434 e. The standard InChI is InChI=1S/C28H41NO4/c1-6-14-25(2,3)29-24(32)33-28(23(31)18-30)17-13-22-20-11-10-19-9-7-8-15-26(19,4)21(20)12-16-27(22,28)5/h8-9,15,18,20-22H,6-7,10-14,16-17H2,1-5H3,(H,29,32)/t20-,21+,22+,26+,27+,28+/m1/s1. The van der Waals surface area contributed by atoms with Gasteiger partial charge in [0.2, 0.25) is 5.78 Å². The Hall–Kier alpha value is -1.91. The number of aldehydes is 1. The third kappa shape index (κ3) is 3.70. The predicted octanol–water partition coefficient (Wildman–Crippen LogP) is 5.93. The molecule has 0 spiro atoms. The van der Waals surface area contributed by atoms with Gasteiger partial charge in [-0.2, -0.15) is 0 Å². The van der Waals surface area contributed by atoms with Crippen molar-refractivity contribution < 1.29 is 19.1 Å². The van der Waals surface area contributed by atoms with Crippen molar-refractivity contribution in [3.8, 4) is 0 Å². The summed E-state index contributed by atoms with van der Waals surface area (Å²) in [4.78, 5) is 38.0. The average Bonchev–Trinajstić information content (AvgIpc) is 3.05. The van der Waals surface area contributed by atoms with Crippen LogP contribution >= 0.6 is 0 Å². The first-order valence-corrected chi connectivity index (χ1v) is 12.9. The van der Waals surface area contributed by atoms with Crippen LogP contribution in [0, 0.1) is 28.6 Å². The van der Waals surface area contributed by atoms with Crippen molar-refractivity contribution >= 4 is 18.2 Å². The van der Waals surface area contributed by atoms with Crippen molar-refractivity contribution in [2.75, 3.05) is 0 Å². The monoisotopic (exact) mass is 455 g/mol. The molecule has 3 saturated carbocycles. The van der Waals surface area contributed by atoms with Gasteiger partial charge in [-0.25, -0.2) is 4.79 Å². The molecule has 1 amide bonds. The van der Waals surface area contributed by atoms with Crippen LogP contribution in [0.15, 0.2) is 23.8 Å². The predicted molar refractivity (Wildman–Crippen MR) is 129 cm³/mol. The Bertz CT molecular complexity index is 888. The van der Waals surface area contributed by atoms with Gasteiger partial charge in [0, 0.05) is 16.4 Å². The molecule has 0 saturated heterocycles. The van der Waals surface area contributed by atoms with Gasteiger partial charge in [-0.3, -0.25) is 9.59 Å². The Morgan fingerprint density at radius 1 is 1.18 bits per heavy atom. The zero-order valence-corrected chi connectivity index (χ0v) is 21.0. The molecule has 0 aromatic carbocycles. The lowest BCUT2D eigenvalue weighted by molar-refractivity contribution is -0.163. The Balaban J connectivity index is 1.63. The van der Waals surface area contributed by atoms with Gasteiger partial charge in [0.05, 0.1) is 0 Å². The lowest BCUT2D eigenvalue weighted by atomic mass is 9.47. The number of hydrogen-bond donors (Lipinski definition) is 1. The Morgan fingerprint density at radius 2 is 1.91 bits per heavy atom. The van der Waals surface area contributed by atoms with Crippen molar-refractivity contribution in [2.24, 2.45) is 28.6 Å². The highest BCUT2D eigenvalue weighted by Gasteiger charge is 2.68. The van der Waals surface area contributed by atoms with Crippen LogP contribution in [0.4, 0.5) is 4.79 Å². The molecule has 4 aliphatic carbocycles. The topological polar surface area (TPSA) is 72.5 Å². The number of alkyl carbamates (subject to hydrolysis) is 1. The van der Waals surface area contributed by atoms with E-state index in [4.69, 9.17) is 4.74 Å². The molecule has 0 bridgehead atoms. The summed E-state index contributed by atoms with van der Waals surface area (Å²) in [6.45, 7) is 10.5. The maximum atomic E-state index is 13.2. The number of rotatable bonds is 6. The van der Waals surface area contributed by atoms with Crippen LogP contribution in [0.25, 0.3) is 0 Å². The fraction of sp³-hybridized carbons (Fsp3) is 0.750. The third-order valence-electron chi connectivity index (χ3n) is 9.82. The molecular weight excluding hydrogens is 414 g/mol. The van der Waals surface area contributed by atoms with Crippen LogP contribution < -0.4 is 5.32 Å². The van der Waals surface area contributed by atoms with E-state index in [0.717, 1.165) is 51.4 Å². The lowest BCUT2D eigenvalue weighted by Gasteiger charge is -2.58. The molecule has 182 valence electrons. The first-order valence-electron chi connectivity index (χ1n) is 12.9. The number of amides is 1. The number of Topliss-reactive ketones (excluding diaryl/α,β-unsaturated/α-hetero) is 1. The van der Waals surface area contributed by atoms with Gasteiger partial charge in [0.1, 0.15) is 0 Å². The van der Waals surface area contributed by atoms with Crippen molar-refractivity contribution in [1.29, 1.82) is 0 Å². The number of nitrogens with one attached hydrogen (secondary N) is 1. The fourth-order valence-electron chi connectivity index (χ4n) is 8.20. The molecule has 33 heavy (non-hydrogen) atoms. The van der Waals surface area contributed by atoms with Gasteiger partial charge in [-0.15, -0.1) is 0 Å². The van der Waals surface area contributed by atoms with Crippen molar-refractivity contribution in [3.05, 3.63) is 23.8 Å². The number of fused-ring (bicyclic) bond motifs is 5. The van der Waals surface area contributed by atoms with Gasteiger partial charge < -0.3 is 10.1 Å². The molecule has 0 radical (unpaired) electrons. The summed E-state index contributed by atoms with van der Waals surface area (Å²) in [5.41, 5.74) is -0.658. The van der Waals surface area contributed by atoms with E-state index in [1.54, 1.807) is 5.57 Å². The van der Waals surface area contributed by atoms with Crippen LogP contribution in [0.3, 0.4) is 0 Å². The smallest absolute Gasteiger partial charge is 0.408 e. The van der Waals surface area contributed by atoms with Crippen LogP contribution in [-0.4, -0.2) is 29.3 Å². The Kier molecular flexibility index (Phi) is 6.16. The molecule has 6 atom stereocenters. The molecular formula is C28H41NO4. The highest BCUT2D eigenvalue weighted by Crippen LogP contribution is 2.67. The molecule has 4 aliphatic rings. The van der Waals surface area contributed by atoms with E-state index >= 15 is 0 Å². The van der Waals surface area contributed by atoms with Gasteiger partial charge in [-0.05, 0) is 83.0 Å². The molecule has 0 heterocycles. The second-order valence-corrected chi connectivity index (χ2v) is 12.0. The lowest BCUT2D eigenvalue weighted by Crippen LogP contribution is -2.60. The normalized spacial score (nSPS) is 39.5. The molecule has 0 aromatic rings. The average molecular weight is 456 g/mol. The minimum absolute atomic E-state index is 0.0881. The molecule has 5 heteroatoms. The third-order valence-corrected chi connectivity index (χ3v) is 9.82. The van der Waals surface area contributed by atoms with Crippen molar-refractivity contribution in [3.63, 3.8) is 0 Å². The first kappa shape index (κ1) is 24.2. The number of allylic oxidation sites excluding steroid dienone is 4. The molecule has 0 aliphatic heterocycles. The highest BCUT2D eigenvalue weighted by atomic mass is 16.6. The summed E-state index contributed by atoms with van der Waals surface area (Å²) in [6, 6.07) is 0.